The quantitative estimate of drug-likeness (QED) is 0.481. The number of amides is 2. The smallest absolute Gasteiger partial charge is 0.313 e. The summed E-state index contributed by atoms with van der Waals surface area (Å²) in [6.45, 7) is 3.86. The molecule has 0 saturated carbocycles. The summed E-state index contributed by atoms with van der Waals surface area (Å²) in [5.74, 6) is -3.02. The van der Waals surface area contributed by atoms with E-state index in [4.69, 9.17) is 9.47 Å². The van der Waals surface area contributed by atoms with Crippen LogP contribution in [0.4, 0.5) is 5.69 Å². The number of aliphatic hydroxyl groups excluding tert-OH is 1. The number of allylic oxidation sites excluding steroid dienone is 1. The van der Waals surface area contributed by atoms with Gasteiger partial charge in [0.1, 0.15) is 23.2 Å². The summed E-state index contributed by atoms with van der Waals surface area (Å²) in [7, 11) is 0. The van der Waals surface area contributed by atoms with E-state index in [9.17, 15) is 19.5 Å². The summed E-state index contributed by atoms with van der Waals surface area (Å²) in [6.07, 6.45) is 9.43. The fraction of sp³-hybridized carbons (Fsp3) is 0.452. The van der Waals surface area contributed by atoms with Crippen molar-refractivity contribution in [2.24, 2.45) is 11.8 Å². The molecule has 2 aromatic carbocycles. The Kier molecular flexibility index (Phi) is 6.35. The van der Waals surface area contributed by atoms with Crippen molar-refractivity contribution in [2.45, 2.75) is 56.4 Å². The number of anilines is 1. The Hall–Kier alpha value is -3.49. The number of aliphatic hydroxyl groups is 1. The second kappa shape index (κ2) is 9.61. The molecule has 39 heavy (non-hydrogen) atoms. The lowest BCUT2D eigenvalue weighted by molar-refractivity contribution is -0.160. The van der Waals surface area contributed by atoms with Gasteiger partial charge in [-0.3, -0.25) is 14.4 Å². The number of nitrogens with zero attached hydrogens (tertiary/aromatic N) is 2. The maximum Gasteiger partial charge on any atom is 0.313 e. The van der Waals surface area contributed by atoms with Gasteiger partial charge < -0.3 is 24.4 Å². The van der Waals surface area contributed by atoms with Crippen molar-refractivity contribution in [1.29, 1.82) is 0 Å². The van der Waals surface area contributed by atoms with Crippen LogP contribution in [-0.4, -0.2) is 70.8 Å². The lowest BCUT2D eigenvalue weighted by atomic mass is 9.73. The minimum atomic E-state index is -1.38. The number of hydrogen-bond acceptors (Lipinski definition) is 6. The van der Waals surface area contributed by atoms with Gasteiger partial charge in [0.05, 0.1) is 25.2 Å². The Morgan fingerprint density at radius 2 is 1.82 bits per heavy atom. The predicted octanol–water partition coefficient (Wildman–Crippen LogP) is 3.38. The molecule has 4 heterocycles. The lowest BCUT2D eigenvalue weighted by Crippen LogP contribution is -2.58. The first-order valence-electron chi connectivity index (χ1n) is 13.8. The minimum absolute atomic E-state index is 0.262. The number of benzene rings is 2. The Bertz CT molecular complexity index is 1390. The molecule has 6 rings (SSSR count). The molecule has 4 aliphatic rings. The first-order chi connectivity index (χ1) is 18.9. The molecular formula is C31H34N2O6. The third kappa shape index (κ3) is 3.76. The van der Waals surface area contributed by atoms with Gasteiger partial charge in [-0.15, -0.1) is 0 Å². The standard InChI is InChI=1S/C31H34N2O6/c1-3-30-14-7-4-8-17-38-29(37)25(30)24-27(35)33(20(2)19-34)26-28(36)32(16-9-15-31(24,26)39-30)23-13-12-21-10-5-6-11-22(21)18-23/h5-7,9-15,18,20,24-26,34H,3-4,8,16-17,19H2,1-2H3/b14-7-/t20-,24+,25-,26?,30+,31+/m1/s1. The van der Waals surface area contributed by atoms with Crippen LogP contribution in [0.1, 0.15) is 33.1 Å². The van der Waals surface area contributed by atoms with Crippen molar-refractivity contribution >= 4 is 34.2 Å². The maximum atomic E-state index is 14.5. The largest absolute Gasteiger partial charge is 0.465 e. The van der Waals surface area contributed by atoms with Crippen LogP contribution in [0.25, 0.3) is 10.8 Å². The number of esters is 1. The van der Waals surface area contributed by atoms with Crippen LogP contribution < -0.4 is 4.90 Å². The first kappa shape index (κ1) is 25.8. The van der Waals surface area contributed by atoms with Crippen molar-refractivity contribution < 1.29 is 29.0 Å². The molecule has 0 radical (unpaired) electrons. The van der Waals surface area contributed by atoms with E-state index in [0.29, 0.717) is 18.5 Å². The van der Waals surface area contributed by atoms with Gasteiger partial charge in [0.25, 0.3) is 5.91 Å². The number of likely N-dealkylation sites (tertiary alicyclic amines) is 1. The van der Waals surface area contributed by atoms with Crippen LogP contribution >= 0.6 is 0 Å². The summed E-state index contributed by atoms with van der Waals surface area (Å²) >= 11 is 0. The number of carbonyl (C=O) groups excluding carboxylic acids is 3. The molecule has 204 valence electrons. The number of cyclic esters (lactones) is 1. The average Bonchev–Trinajstić information content (AvgIpc) is 3.34. The molecule has 2 saturated heterocycles. The molecule has 6 atom stereocenters. The summed E-state index contributed by atoms with van der Waals surface area (Å²) < 4.78 is 12.6. The van der Waals surface area contributed by atoms with Gasteiger partial charge in [-0.1, -0.05) is 61.6 Å². The molecule has 2 fully saturated rings. The number of fused-ring (bicyclic) bond motifs is 3. The summed E-state index contributed by atoms with van der Waals surface area (Å²) in [5, 5.41) is 12.2. The van der Waals surface area contributed by atoms with Crippen molar-refractivity contribution in [3.8, 4) is 0 Å². The molecule has 4 aliphatic heterocycles. The van der Waals surface area contributed by atoms with Crippen LogP contribution in [0, 0.1) is 11.8 Å². The normalized spacial score (nSPS) is 33.9. The maximum absolute atomic E-state index is 14.5. The zero-order valence-electron chi connectivity index (χ0n) is 22.3. The highest BCUT2D eigenvalue weighted by atomic mass is 16.6. The van der Waals surface area contributed by atoms with Gasteiger partial charge in [0, 0.05) is 12.2 Å². The van der Waals surface area contributed by atoms with Gasteiger partial charge in [-0.2, -0.15) is 0 Å². The van der Waals surface area contributed by atoms with Gasteiger partial charge in [-0.25, -0.2) is 0 Å². The fourth-order valence-electron chi connectivity index (χ4n) is 6.95. The Morgan fingerprint density at radius 1 is 1.03 bits per heavy atom. The van der Waals surface area contributed by atoms with Crippen molar-refractivity contribution in [2.75, 3.05) is 24.7 Å². The molecular weight excluding hydrogens is 496 g/mol. The highest BCUT2D eigenvalue weighted by molar-refractivity contribution is 6.06. The highest BCUT2D eigenvalue weighted by Gasteiger charge is 2.75. The molecule has 0 aromatic heterocycles. The topological polar surface area (TPSA) is 96.4 Å². The Morgan fingerprint density at radius 3 is 2.59 bits per heavy atom. The molecule has 1 N–H and O–H groups in total. The number of hydrogen-bond donors (Lipinski definition) is 1. The van der Waals surface area contributed by atoms with Crippen LogP contribution in [-0.2, 0) is 23.9 Å². The SMILES string of the molecule is CC[C@]12/C=C\CCCOC(=O)[C@H]1[C@H]1C(=O)N([C@H](C)CO)C3C(=O)N(c4ccc5ccccc5c4)CC=C[C@@]31O2. The van der Waals surface area contributed by atoms with Gasteiger partial charge >= 0.3 is 5.97 Å². The summed E-state index contributed by atoms with van der Waals surface area (Å²) in [4.78, 5) is 45.5. The lowest BCUT2D eigenvalue weighted by Gasteiger charge is -2.40. The van der Waals surface area contributed by atoms with E-state index in [0.717, 1.165) is 17.2 Å². The molecule has 1 unspecified atom stereocenters. The molecule has 0 bridgehead atoms. The second-order valence-corrected chi connectivity index (χ2v) is 11.0. The summed E-state index contributed by atoms with van der Waals surface area (Å²) in [5.41, 5.74) is -1.76. The fourth-order valence-corrected chi connectivity index (χ4v) is 6.95. The van der Waals surface area contributed by atoms with Gasteiger partial charge in [0.15, 0.2) is 0 Å². The minimum Gasteiger partial charge on any atom is -0.465 e. The monoisotopic (exact) mass is 530 g/mol. The second-order valence-electron chi connectivity index (χ2n) is 11.0. The van der Waals surface area contributed by atoms with Crippen molar-refractivity contribution in [1.82, 2.24) is 4.90 Å². The van der Waals surface area contributed by atoms with Gasteiger partial charge in [-0.05, 0) is 49.1 Å². The Balaban J connectivity index is 1.51. The van der Waals surface area contributed by atoms with E-state index in [1.54, 1.807) is 11.8 Å². The summed E-state index contributed by atoms with van der Waals surface area (Å²) in [6, 6.07) is 12.1. The van der Waals surface area contributed by atoms with Crippen LogP contribution in [0.2, 0.25) is 0 Å². The Labute approximate surface area is 227 Å². The predicted molar refractivity (Wildman–Crippen MR) is 146 cm³/mol. The average molecular weight is 531 g/mol. The van der Waals surface area contributed by atoms with E-state index in [-0.39, 0.29) is 31.6 Å². The molecule has 0 aliphatic carbocycles. The van der Waals surface area contributed by atoms with E-state index in [2.05, 4.69) is 0 Å². The molecule has 2 amide bonds. The highest BCUT2D eigenvalue weighted by Crippen LogP contribution is 2.58. The molecule has 8 heteroatoms. The van der Waals surface area contributed by atoms with Crippen LogP contribution in [0.5, 0.6) is 0 Å². The van der Waals surface area contributed by atoms with Crippen molar-refractivity contribution in [3.63, 3.8) is 0 Å². The first-order valence-corrected chi connectivity index (χ1v) is 13.8. The van der Waals surface area contributed by atoms with E-state index >= 15 is 0 Å². The van der Waals surface area contributed by atoms with Crippen molar-refractivity contribution in [3.05, 3.63) is 66.8 Å². The van der Waals surface area contributed by atoms with E-state index in [1.807, 2.05) is 73.7 Å². The van der Waals surface area contributed by atoms with Crippen LogP contribution in [0.3, 0.4) is 0 Å². The zero-order valence-corrected chi connectivity index (χ0v) is 22.3. The van der Waals surface area contributed by atoms with E-state index < -0.39 is 41.1 Å². The van der Waals surface area contributed by atoms with Crippen LogP contribution in [0.15, 0.2) is 66.8 Å². The van der Waals surface area contributed by atoms with E-state index in [1.165, 1.54) is 4.90 Å². The molecule has 1 spiro atoms. The molecule has 2 aromatic rings. The number of ether oxygens (including phenoxy) is 2. The number of carbonyl (C=O) groups is 3. The zero-order chi connectivity index (χ0) is 27.4. The third-order valence-corrected chi connectivity index (χ3v) is 8.85. The molecule has 8 nitrogen and oxygen atoms in total. The number of rotatable bonds is 4. The van der Waals surface area contributed by atoms with Gasteiger partial charge in [0.2, 0.25) is 5.91 Å². The third-order valence-electron chi connectivity index (χ3n) is 8.85.